The number of benzene rings is 2. The molecule has 0 amide bonds. The van der Waals surface area contributed by atoms with Gasteiger partial charge in [0.1, 0.15) is 11.9 Å². The smallest absolute Gasteiger partial charge is 0.331 e. The molecule has 0 unspecified atom stereocenters. The highest BCUT2D eigenvalue weighted by molar-refractivity contribution is 5.96. The number of rotatable bonds is 4. The third kappa shape index (κ3) is 3.12. The maximum atomic E-state index is 13.4. The van der Waals surface area contributed by atoms with Crippen LogP contribution in [0, 0.1) is 0 Å². The van der Waals surface area contributed by atoms with E-state index in [1.165, 1.54) is 18.7 Å². The van der Waals surface area contributed by atoms with E-state index >= 15 is 0 Å². The van der Waals surface area contributed by atoms with E-state index in [9.17, 15) is 14.7 Å². The molecule has 176 valence electrons. The molecular weight excluding hydrogens is 438 g/mol. The molecule has 0 bridgehead atoms. The summed E-state index contributed by atoms with van der Waals surface area (Å²) in [6.07, 6.45) is -0.574. The molecule has 0 saturated carbocycles. The summed E-state index contributed by atoms with van der Waals surface area (Å²) in [5, 5.41) is 10.5. The minimum Gasteiger partial charge on any atom is -0.504 e. The van der Waals surface area contributed by atoms with Gasteiger partial charge in [-0.25, -0.2) is 4.79 Å². The maximum Gasteiger partial charge on any atom is 0.331 e. The Bertz CT molecular complexity index is 1530. The lowest BCUT2D eigenvalue weighted by molar-refractivity contribution is 0.0477. The molecule has 1 aliphatic heterocycles. The third-order valence-electron chi connectivity index (χ3n) is 6.42. The Hall–Kier alpha value is -3.98. The van der Waals surface area contributed by atoms with E-state index in [2.05, 4.69) is 4.57 Å². The molecule has 0 spiro atoms. The first-order chi connectivity index (χ1) is 16.4. The fourth-order valence-corrected chi connectivity index (χ4v) is 4.74. The van der Waals surface area contributed by atoms with Crippen LogP contribution in [-0.2, 0) is 25.4 Å². The highest BCUT2D eigenvalue weighted by Gasteiger charge is 2.33. The number of aryl methyl sites for hydroxylation is 1. The molecule has 0 radical (unpaired) electrons. The number of hydrogen-bond donors (Lipinski definition) is 1. The van der Waals surface area contributed by atoms with Crippen LogP contribution < -0.4 is 20.7 Å². The molecule has 2 aromatic heterocycles. The molecule has 9 nitrogen and oxygen atoms in total. The van der Waals surface area contributed by atoms with E-state index in [1.54, 1.807) is 32.4 Å². The van der Waals surface area contributed by atoms with Crippen LogP contribution in [0.25, 0.3) is 22.2 Å². The zero-order chi connectivity index (χ0) is 24.1. The van der Waals surface area contributed by atoms with Gasteiger partial charge in [0.15, 0.2) is 11.5 Å². The summed E-state index contributed by atoms with van der Waals surface area (Å²) in [6.45, 7) is 0.910. The second-order valence-corrected chi connectivity index (χ2v) is 8.23. The van der Waals surface area contributed by atoms with Crippen LogP contribution in [0.4, 0.5) is 0 Å². The normalized spacial score (nSPS) is 15.4. The average molecular weight is 463 g/mol. The molecule has 1 atom stereocenters. The molecule has 4 aromatic rings. The summed E-state index contributed by atoms with van der Waals surface area (Å²) in [5.41, 5.74) is 2.74. The topological polar surface area (TPSA) is 96.9 Å². The lowest BCUT2D eigenvalue weighted by Crippen LogP contribution is -2.37. The van der Waals surface area contributed by atoms with Crippen molar-refractivity contribution < 1.29 is 19.3 Å². The molecule has 0 saturated heterocycles. The van der Waals surface area contributed by atoms with Crippen molar-refractivity contribution in [1.82, 2.24) is 13.7 Å². The second-order valence-electron chi connectivity index (χ2n) is 8.23. The van der Waals surface area contributed by atoms with Crippen LogP contribution in [0.5, 0.6) is 17.2 Å². The van der Waals surface area contributed by atoms with Crippen LogP contribution in [0.15, 0.2) is 52.1 Å². The molecular formula is C25H25N3O6. The number of aromatic nitrogens is 3. The number of hydrogen-bond acceptors (Lipinski definition) is 6. The first-order valence-corrected chi connectivity index (χ1v) is 10.8. The van der Waals surface area contributed by atoms with E-state index in [-0.39, 0.29) is 11.3 Å². The fraction of sp³-hybridized carbons (Fsp3) is 0.280. The monoisotopic (exact) mass is 463 g/mol. The number of nitrogens with zero attached hydrogens (tertiary/aromatic N) is 3. The van der Waals surface area contributed by atoms with Gasteiger partial charge in [0.05, 0.1) is 43.1 Å². The minimum absolute atomic E-state index is 0.0162. The lowest BCUT2D eigenvalue weighted by atomic mass is 10.0. The molecule has 2 aromatic carbocycles. The van der Waals surface area contributed by atoms with Crippen LogP contribution in [0.1, 0.15) is 17.4 Å². The van der Waals surface area contributed by atoms with E-state index in [4.69, 9.17) is 14.2 Å². The number of aromatic hydroxyl groups is 1. The minimum atomic E-state index is -0.574. The predicted molar refractivity (Wildman–Crippen MR) is 127 cm³/mol. The Morgan fingerprint density at radius 1 is 1.00 bits per heavy atom. The van der Waals surface area contributed by atoms with Crippen molar-refractivity contribution in [3.63, 3.8) is 0 Å². The summed E-state index contributed by atoms with van der Waals surface area (Å²) >= 11 is 0. The van der Waals surface area contributed by atoms with Crippen molar-refractivity contribution >= 4 is 10.9 Å². The Morgan fingerprint density at radius 3 is 2.41 bits per heavy atom. The number of phenols is 1. The first-order valence-electron chi connectivity index (χ1n) is 10.8. The number of phenolic OH excluding ortho intramolecular Hbond substituents is 1. The highest BCUT2D eigenvalue weighted by Crippen LogP contribution is 2.42. The number of methoxy groups -OCH3 is 2. The van der Waals surface area contributed by atoms with E-state index in [0.29, 0.717) is 41.2 Å². The van der Waals surface area contributed by atoms with Crippen LogP contribution in [-0.4, -0.2) is 39.6 Å². The summed E-state index contributed by atoms with van der Waals surface area (Å²) in [6, 6.07) is 12.5. The van der Waals surface area contributed by atoms with Gasteiger partial charge >= 0.3 is 5.69 Å². The summed E-state index contributed by atoms with van der Waals surface area (Å²) < 4.78 is 21.5. The molecule has 0 aliphatic carbocycles. The molecule has 1 N–H and O–H groups in total. The first kappa shape index (κ1) is 21.8. The van der Waals surface area contributed by atoms with Gasteiger partial charge in [-0.15, -0.1) is 0 Å². The Kier molecular flexibility index (Phi) is 5.21. The van der Waals surface area contributed by atoms with Crippen LogP contribution in [0.2, 0.25) is 0 Å². The van der Waals surface area contributed by atoms with E-state index in [0.717, 1.165) is 21.4 Å². The maximum absolute atomic E-state index is 13.4. The van der Waals surface area contributed by atoms with Gasteiger partial charge < -0.3 is 23.9 Å². The van der Waals surface area contributed by atoms with Crippen molar-refractivity contribution in [3.05, 3.63) is 74.6 Å². The van der Waals surface area contributed by atoms with Gasteiger partial charge in [0.25, 0.3) is 5.56 Å². The van der Waals surface area contributed by atoms with Gasteiger partial charge in [-0.3, -0.25) is 13.9 Å². The number of fused-ring (bicyclic) bond motifs is 3. The summed E-state index contributed by atoms with van der Waals surface area (Å²) in [4.78, 5) is 26.4. The quantitative estimate of drug-likeness (QED) is 0.500. The van der Waals surface area contributed by atoms with Crippen LogP contribution in [0.3, 0.4) is 0 Å². The zero-order valence-electron chi connectivity index (χ0n) is 19.4. The van der Waals surface area contributed by atoms with Gasteiger partial charge in [-0.1, -0.05) is 6.07 Å². The van der Waals surface area contributed by atoms with Gasteiger partial charge in [-0.2, -0.15) is 0 Å². The zero-order valence-corrected chi connectivity index (χ0v) is 19.4. The Morgan fingerprint density at radius 2 is 1.74 bits per heavy atom. The summed E-state index contributed by atoms with van der Waals surface area (Å²) in [7, 11) is 6.22. The average Bonchev–Trinajstić information content (AvgIpc) is 3.22. The second kappa shape index (κ2) is 8.11. The molecule has 0 fully saturated rings. The van der Waals surface area contributed by atoms with Crippen molar-refractivity contribution in [2.75, 3.05) is 20.8 Å². The highest BCUT2D eigenvalue weighted by atomic mass is 16.5. The van der Waals surface area contributed by atoms with Gasteiger partial charge in [-0.05, 0) is 47.5 Å². The third-order valence-corrected chi connectivity index (χ3v) is 6.42. The van der Waals surface area contributed by atoms with Gasteiger partial charge in [0, 0.05) is 20.6 Å². The van der Waals surface area contributed by atoms with Crippen molar-refractivity contribution in [2.45, 2.75) is 12.6 Å². The SMILES string of the molecule is COc1ccc(-c2c3c(=O)n(C)c(=O)n(C)c3c3n2CCO[C@@H]3c2ccc(O)c(OC)c2)cc1. The predicted octanol–water partition coefficient (Wildman–Crippen LogP) is 2.55. The van der Waals surface area contributed by atoms with E-state index < -0.39 is 11.8 Å². The van der Waals surface area contributed by atoms with Gasteiger partial charge in [0.2, 0.25) is 0 Å². The van der Waals surface area contributed by atoms with Crippen molar-refractivity contribution in [3.8, 4) is 28.5 Å². The Labute approximate surface area is 195 Å². The molecule has 5 rings (SSSR count). The fourth-order valence-electron chi connectivity index (χ4n) is 4.74. The molecule has 1 aliphatic rings. The summed E-state index contributed by atoms with van der Waals surface area (Å²) in [5.74, 6) is 1.04. The van der Waals surface area contributed by atoms with Crippen molar-refractivity contribution in [2.24, 2.45) is 14.1 Å². The van der Waals surface area contributed by atoms with Crippen LogP contribution >= 0.6 is 0 Å². The van der Waals surface area contributed by atoms with E-state index in [1.807, 2.05) is 24.3 Å². The van der Waals surface area contributed by atoms with Crippen molar-refractivity contribution in [1.29, 1.82) is 0 Å². The standard InChI is InChI=1S/C25H25N3O6/c1-26-21-19(24(30)27(2)25(26)31)20(14-5-8-16(32-3)9-6-14)28-11-12-34-23(22(21)28)15-7-10-17(29)18(13-15)33-4/h5-10,13,23,29H,11-12H2,1-4H3/t23-/m1/s1. The Balaban J connectivity index is 1.88. The largest absolute Gasteiger partial charge is 0.504 e. The molecule has 3 heterocycles. The number of ether oxygens (including phenoxy) is 3. The lowest BCUT2D eigenvalue weighted by Gasteiger charge is -2.28. The molecule has 9 heteroatoms. The molecule has 34 heavy (non-hydrogen) atoms.